The summed E-state index contributed by atoms with van der Waals surface area (Å²) in [7, 11) is 3.77. The Bertz CT molecular complexity index is 2470. The first-order valence-corrected chi connectivity index (χ1v) is 44.7. The highest BCUT2D eigenvalue weighted by Crippen LogP contribution is 2.62. The smallest absolute Gasteiger partial charge is 0.394 e. The Labute approximate surface area is 622 Å². The Morgan fingerprint density at radius 2 is 0.654 bits per heavy atom. The van der Waals surface area contributed by atoms with Gasteiger partial charge in [0.15, 0.2) is 18.9 Å². The molecule has 0 saturated carbocycles. The van der Waals surface area contributed by atoms with E-state index in [2.05, 4.69) is 20.1 Å². The largest absolute Gasteiger partial charge is 0.415 e. The van der Waals surface area contributed by atoms with Crippen molar-refractivity contribution in [1.29, 1.82) is 0 Å². The fourth-order valence-corrected chi connectivity index (χ4v) is 17.2. The lowest BCUT2D eigenvalue weighted by atomic mass is 9.92. The lowest BCUT2D eigenvalue weighted by molar-refractivity contribution is -0.270. The molecule has 3 saturated heterocycles. The van der Waals surface area contributed by atoms with Crippen LogP contribution in [0.1, 0.15) is 85.0 Å². The van der Waals surface area contributed by atoms with Crippen LogP contribution in [0.4, 0.5) is 0 Å². The van der Waals surface area contributed by atoms with Crippen LogP contribution in [-0.4, -0.2) is 325 Å². The van der Waals surface area contributed by atoms with Crippen LogP contribution in [0.15, 0.2) is 0 Å². The van der Waals surface area contributed by atoms with Crippen LogP contribution in [0.3, 0.4) is 0 Å². The van der Waals surface area contributed by atoms with Gasteiger partial charge < -0.3 is 141 Å². The van der Waals surface area contributed by atoms with Gasteiger partial charge in [-0.3, -0.25) is 37.0 Å². The maximum Gasteiger partial charge on any atom is 0.415 e. The number of nitrogens with one attached hydrogen (secondary N) is 3. The van der Waals surface area contributed by atoms with E-state index >= 15 is 0 Å². The zero-order valence-corrected chi connectivity index (χ0v) is 65.9. The van der Waals surface area contributed by atoms with Crippen LogP contribution in [0.25, 0.3) is 0 Å². The molecule has 0 aromatic rings. The summed E-state index contributed by atoms with van der Waals surface area (Å²) in [5.74, 6) is -1.55. The first kappa shape index (κ1) is 97.8. The van der Waals surface area contributed by atoms with E-state index in [0.29, 0.717) is 49.0 Å². The molecule has 3 aliphatic heterocycles. The van der Waals surface area contributed by atoms with Crippen LogP contribution in [-0.2, 0) is 131 Å². The predicted molar refractivity (Wildman–Crippen MR) is 373 cm³/mol. The fraction of sp³-hybridized carbons (Fsp3) is 0.946. The zero-order valence-electron chi connectivity index (χ0n) is 59.0. The lowest BCUT2D eigenvalue weighted by Gasteiger charge is -2.42. The minimum absolute atomic E-state index is 0.0107. The second kappa shape index (κ2) is 53.5. The quantitative estimate of drug-likeness (QED) is 0.0222. The van der Waals surface area contributed by atoms with Crippen molar-refractivity contribution in [1.82, 2.24) is 16.0 Å². The monoisotopic (exact) mass is 1670 g/mol. The molecule has 3 fully saturated rings. The summed E-state index contributed by atoms with van der Waals surface area (Å²) in [6.07, 6.45) is -13.6. The van der Waals surface area contributed by atoms with E-state index in [-0.39, 0.29) is 169 Å². The van der Waals surface area contributed by atoms with Crippen molar-refractivity contribution in [2.75, 3.05) is 160 Å². The van der Waals surface area contributed by atoms with Gasteiger partial charge in [0.25, 0.3) is 0 Å². The second-order valence-electron chi connectivity index (χ2n) is 23.5. The molecule has 0 bridgehead atoms. The molecule has 0 aromatic carbocycles. The van der Waals surface area contributed by atoms with Crippen molar-refractivity contribution in [3.8, 4) is 0 Å². The number of unbranched alkanes of at least 4 members (excludes halogenated alkanes) is 3. The molecule has 0 aliphatic carbocycles. The Morgan fingerprint density at radius 1 is 0.394 bits per heavy atom. The highest BCUT2D eigenvalue weighted by atomic mass is 32.7. The van der Waals surface area contributed by atoms with Gasteiger partial charge in [-0.15, -0.1) is 0 Å². The molecular formula is C56H109N3O37P4S4. The first-order valence-electron chi connectivity index (χ1n) is 33.4. The molecule has 3 heterocycles. The number of aliphatic hydroxyl groups excluding tert-OH is 9. The molecule has 40 nitrogen and oxygen atoms in total. The van der Waals surface area contributed by atoms with Crippen molar-refractivity contribution in [2.45, 2.75) is 177 Å². The van der Waals surface area contributed by atoms with Gasteiger partial charge >= 0.3 is 27.1 Å². The Hall–Kier alpha value is -0.440. The van der Waals surface area contributed by atoms with E-state index in [0.717, 1.165) is 0 Å². The summed E-state index contributed by atoms with van der Waals surface area (Å²) in [5, 5.41) is 98.9. The topological polar surface area (TPSA) is 546 Å². The van der Waals surface area contributed by atoms with E-state index in [1.807, 2.05) is 0 Å². The summed E-state index contributed by atoms with van der Waals surface area (Å²) in [5.41, 5.74) is -1.12. The Morgan fingerprint density at radius 3 is 0.933 bits per heavy atom. The summed E-state index contributed by atoms with van der Waals surface area (Å²) in [4.78, 5) is 56.2. The standard InChI is InChI=1S/C56H109N3O37P4S4/c1-38(63)57-44-50(69)47(66)41(31-60)94-53(44)84-21-7-10-24-88-98(74,101)89-28-14-18-81-35-56(34-80-17-13-27-87-97(72,73)102-77-4,36-82-19-15-29-92-99(75,103-78-5)90-25-11-8-22-85-54-45(58-39(2)64)51(70)48(67)42(32-61)95-54)37-83-20-16-30-93-100(76,104-79-6)91-26-12-9-23-86-55-46(59-40(3)65)52(71)49(68)43(33-62)96-55/h41-55,60-62,66-71H,7-37H2,1-6H3,(H,57,63)(H,58,64)(H,59,65)(H,72,73)(H,74,101). The van der Waals surface area contributed by atoms with Gasteiger partial charge in [0.1, 0.15) is 108 Å². The number of hydrogen-bond acceptors (Lipinski definition) is 39. The molecule has 0 spiro atoms. The van der Waals surface area contributed by atoms with Crippen LogP contribution >= 0.6 is 62.1 Å². The molecule has 0 radical (unpaired) electrons. The van der Waals surface area contributed by atoms with Crippen molar-refractivity contribution >= 4 is 91.6 Å². The van der Waals surface area contributed by atoms with Gasteiger partial charge in [-0.05, 0) is 76.0 Å². The molecular weight excluding hydrogens is 1560 g/mol. The summed E-state index contributed by atoms with van der Waals surface area (Å²) in [6, 6.07) is -3.40. The molecule has 19 unspecified atom stereocenters. The highest BCUT2D eigenvalue weighted by molar-refractivity contribution is 8.53. The molecule has 3 amide bonds. The molecule has 19 atom stereocenters. The SMILES string of the molecule is COSP(=O)(O)OCCCOCC(COCCCOP(=O)(OCCCCOC1OC(CO)C(O)C(O)C1NC(C)=O)SOC)(COCCCOP(=O)(OCCCCOC1OC(CO)C(O)C(O)C1NC(C)=O)SOC)COCCCOP(O)(=S)OCCCCOC1OC(CO)C(O)C(O)C1NC(C)=O. The number of rotatable bonds is 61. The molecule has 614 valence electrons. The van der Waals surface area contributed by atoms with Gasteiger partial charge in [-0.2, -0.15) is 0 Å². The average molecular weight is 1670 g/mol. The van der Waals surface area contributed by atoms with Crippen molar-refractivity contribution in [3.05, 3.63) is 0 Å². The maximum atomic E-state index is 13.7. The Balaban J connectivity index is 1.65. The molecule has 3 aliphatic rings. The molecule has 0 aromatic heterocycles. The lowest BCUT2D eigenvalue weighted by Crippen LogP contribution is -2.64. The van der Waals surface area contributed by atoms with Crippen molar-refractivity contribution < 1.29 is 175 Å². The number of hydrogen-bond donors (Lipinski definition) is 14. The van der Waals surface area contributed by atoms with Gasteiger partial charge in [-0.25, -0.2) is 13.7 Å². The van der Waals surface area contributed by atoms with Crippen LogP contribution in [0.5, 0.6) is 0 Å². The predicted octanol–water partition coefficient (Wildman–Crippen LogP) is 0.355. The average Bonchev–Trinajstić information content (AvgIpc) is 0.817. The minimum Gasteiger partial charge on any atom is -0.394 e. The third-order valence-electron chi connectivity index (χ3n) is 14.8. The van der Waals surface area contributed by atoms with E-state index in [4.69, 9.17) is 99.2 Å². The molecule has 14 N–H and O–H groups in total. The molecule has 48 heteroatoms. The van der Waals surface area contributed by atoms with Gasteiger partial charge in [0.2, 0.25) is 17.7 Å². The van der Waals surface area contributed by atoms with Gasteiger partial charge in [0.05, 0.1) is 119 Å². The summed E-state index contributed by atoms with van der Waals surface area (Å²) in [6.45, 7) is -15.0. The molecule has 104 heavy (non-hydrogen) atoms. The van der Waals surface area contributed by atoms with E-state index in [9.17, 15) is 83.8 Å². The minimum atomic E-state index is -4.12. The number of ether oxygens (including phenoxy) is 10. The molecule has 3 rings (SSSR count). The first-order chi connectivity index (χ1) is 49.5. The van der Waals surface area contributed by atoms with Crippen LogP contribution in [0, 0.1) is 5.41 Å². The highest BCUT2D eigenvalue weighted by Gasteiger charge is 2.48. The van der Waals surface area contributed by atoms with Crippen molar-refractivity contribution in [2.24, 2.45) is 5.41 Å². The number of aliphatic hydroxyl groups is 9. The summed E-state index contributed by atoms with van der Waals surface area (Å²) >= 11 is 6.47. The number of amides is 3. The second-order valence-corrected chi connectivity index (χ2v) is 37.3. The van der Waals surface area contributed by atoms with Gasteiger partial charge in [-0.1, -0.05) is 0 Å². The third kappa shape index (κ3) is 38.4. The van der Waals surface area contributed by atoms with Crippen LogP contribution in [0.2, 0.25) is 0 Å². The number of carbonyl (C=O) groups is 3. The van der Waals surface area contributed by atoms with Crippen molar-refractivity contribution in [3.63, 3.8) is 0 Å². The van der Waals surface area contributed by atoms with E-state index in [1.54, 1.807) is 0 Å². The van der Waals surface area contributed by atoms with Crippen LogP contribution < -0.4 is 16.0 Å². The normalized spacial score (nSPS) is 28.1. The third-order valence-corrected chi connectivity index (χ3v) is 24.6. The fourth-order valence-electron chi connectivity index (χ4n) is 9.84. The van der Waals surface area contributed by atoms with Gasteiger partial charge in [0, 0.05) is 67.0 Å². The van der Waals surface area contributed by atoms with E-state index < -0.39 is 162 Å². The maximum absolute atomic E-state index is 13.7. The zero-order chi connectivity index (χ0) is 77.2. The summed E-state index contributed by atoms with van der Waals surface area (Å²) < 4.78 is 152. The Kier molecular flexibility index (Phi) is 50.3. The number of carbonyl (C=O) groups excluding carboxylic acids is 3. The van der Waals surface area contributed by atoms with E-state index in [1.165, 1.54) is 42.1 Å².